The number of nitrogens with zero attached hydrogens (tertiary/aromatic N) is 4. The van der Waals surface area contributed by atoms with Crippen LogP contribution in [-0.4, -0.2) is 21.1 Å². The Labute approximate surface area is 199 Å². The highest BCUT2D eigenvalue weighted by Crippen LogP contribution is 2.38. The first-order valence-electron chi connectivity index (χ1n) is 10.4. The van der Waals surface area contributed by atoms with Crippen LogP contribution in [0.5, 0.6) is 0 Å². The Morgan fingerprint density at radius 3 is 2.58 bits per heavy atom. The molecule has 1 aromatic heterocycles. The molecule has 2 N–H and O–H groups in total. The van der Waals surface area contributed by atoms with Crippen molar-refractivity contribution in [3.63, 3.8) is 0 Å². The highest BCUT2D eigenvalue weighted by Gasteiger charge is 2.35. The lowest BCUT2D eigenvalue weighted by Crippen LogP contribution is -2.45. The van der Waals surface area contributed by atoms with Crippen molar-refractivity contribution in [1.29, 1.82) is 0 Å². The molecule has 0 unspecified atom stereocenters. The second-order valence-corrected chi connectivity index (χ2v) is 8.37. The maximum atomic E-state index is 13.8. The minimum absolute atomic E-state index is 0.124. The lowest BCUT2D eigenvalue weighted by atomic mass is 10.1. The number of hydrogen-bond acceptors (Lipinski definition) is 5. The smallest absolute Gasteiger partial charge is 0.335 e. The Hall–Kier alpha value is -3.75. The van der Waals surface area contributed by atoms with E-state index in [0.29, 0.717) is 29.6 Å². The normalized spacial score (nSPS) is 13.1. The lowest BCUT2D eigenvalue weighted by Gasteiger charge is -2.36. The molecule has 1 aliphatic rings. The maximum absolute atomic E-state index is 13.8. The summed E-state index contributed by atoms with van der Waals surface area (Å²) in [5, 5.41) is 12.8. The number of carbonyl (C=O) groups excluding carboxylic acids is 1. The van der Waals surface area contributed by atoms with E-state index in [9.17, 15) is 9.90 Å². The molecular formula is C25H20BrN5O2. The lowest BCUT2D eigenvalue weighted by molar-refractivity contribution is 0.252. The van der Waals surface area contributed by atoms with Crippen LogP contribution in [0.25, 0.3) is 0 Å². The Morgan fingerprint density at radius 2 is 1.79 bits per heavy atom. The first-order valence-corrected chi connectivity index (χ1v) is 11.2. The fraction of sp³-hybridized carbons (Fsp3) is 0.0800. The van der Waals surface area contributed by atoms with E-state index in [0.717, 1.165) is 21.4 Å². The molecular weight excluding hydrogens is 482 g/mol. The molecule has 164 valence electrons. The fourth-order valence-corrected chi connectivity index (χ4v) is 4.25. The minimum Gasteiger partial charge on any atom is -0.392 e. The van der Waals surface area contributed by atoms with Crippen molar-refractivity contribution in [3.8, 4) is 0 Å². The highest BCUT2D eigenvalue weighted by atomic mass is 79.9. The summed E-state index contributed by atoms with van der Waals surface area (Å²) in [6.45, 7) is 0.208. The number of aliphatic hydroxyl groups is 1. The Bertz CT molecular complexity index is 1320. The summed E-state index contributed by atoms with van der Waals surface area (Å²) >= 11 is 3.56. The Kier molecular flexibility index (Phi) is 5.77. The van der Waals surface area contributed by atoms with E-state index in [-0.39, 0.29) is 12.6 Å². The molecule has 2 heterocycles. The van der Waals surface area contributed by atoms with Crippen LogP contribution in [0.4, 0.5) is 33.6 Å². The quantitative estimate of drug-likeness (QED) is 0.363. The molecule has 0 bridgehead atoms. The van der Waals surface area contributed by atoms with Crippen molar-refractivity contribution < 1.29 is 9.90 Å². The molecule has 0 fully saturated rings. The van der Waals surface area contributed by atoms with Gasteiger partial charge in [-0.25, -0.2) is 14.7 Å². The molecule has 0 saturated carbocycles. The molecule has 0 radical (unpaired) electrons. The number of aromatic nitrogens is 2. The number of urea groups is 1. The van der Waals surface area contributed by atoms with Gasteiger partial charge < -0.3 is 10.4 Å². The second-order valence-electron chi connectivity index (χ2n) is 7.52. The van der Waals surface area contributed by atoms with E-state index in [1.165, 1.54) is 0 Å². The number of aliphatic hydroxyl groups excluding tert-OH is 1. The number of benzene rings is 3. The molecule has 0 spiro atoms. The molecule has 3 aromatic carbocycles. The number of halogens is 1. The van der Waals surface area contributed by atoms with Crippen LogP contribution in [0.2, 0.25) is 0 Å². The van der Waals surface area contributed by atoms with E-state index in [1.807, 2.05) is 72.8 Å². The summed E-state index contributed by atoms with van der Waals surface area (Å²) in [6.07, 6.45) is 1.74. The molecule has 0 aliphatic carbocycles. The van der Waals surface area contributed by atoms with Gasteiger partial charge in [-0.15, -0.1) is 0 Å². The molecule has 0 atom stereocenters. The molecule has 7 nitrogen and oxygen atoms in total. The zero-order valence-corrected chi connectivity index (χ0v) is 19.1. The molecule has 8 heteroatoms. The van der Waals surface area contributed by atoms with Crippen LogP contribution in [-0.2, 0) is 13.2 Å². The first kappa shape index (κ1) is 21.1. The van der Waals surface area contributed by atoms with Crippen molar-refractivity contribution in [2.45, 2.75) is 13.2 Å². The summed E-state index contributed by atoms with van der Waals surface area (Å²) in [5.74, 6) is 0.900. The third-order valence-electron chi connectivity index (χ3n) is 5.33. The maximum Gasteiger partial charge on any atom is 0.335 e. The molecule has 33 heavy (non-hydrogen) atoms. The largest absolute Gasteiger partial charge is 0.392 e. The van der Waals surface area contributed by atoms with Gasteiger partial charge in [0.1, 0.15) is 0 Å². The zero-order valence-electron chi connectivity index (χ0n) is 17.5. The summed E-state index contributed by atoms with van der Waals surface area (Å²) in [6, 6.07) is 24.2. The molecule has 5 rings (SSSR count). The van der Waals surface area contributed by atoms with Crippen LogP contribution in [0.1, 0.15) is 11.1 Å². The predicted octanol–water partition coefficient (Wildman–Crippen LogP) is 5.75. The number of hydrogen-bond donors (Lipinski definition) is 2. The van der Waals surface area contributed by atoms with Crippen LogP contribution < -0.4 is 15.1 Å². The Morgan fingerprint density at radius 1 is 1.00 bits per heavy atom. The van der Waals surface area contributed by atoms with Gasteiger partial charge in [-0.3, -0.25) is 4.90 Å². The number of nitrogens with one attached hydrogen (secondary N) is 1. The van der Waals surface area contributed by atoms with E-state index in [1.54, 1.807) is 22.1 Å². The van der Waals surface area contributed by atoms with E-state index in [2.05, 4.69) is 26.2 Å². The van der Waals surface area contributed by atoms with Crippen LogP contribution in [0.3, 0.4) is 0 Å². The third-order valence-corrected chi connectivity index (χ3v) is 6.00. The minimum atomic E-state index is -0.242. The number of amides is 2. The highest BCUT2D eigenvalue weighted by molar-refractivity contribution is 9.10. The second kappa shape index (κ2) is 9.01. The molecule has 4 aromatic rings. The topological polar surface area (TPSA) is 81.6 Å². The molecule has 2 amide bonds. The van der Waals surface area contributed by atoms with E-state index in [4.69, 9.17) is 4.98 Å². The van der Waals surface area contributed by atoms with Gasteiger partial charge >= 0.3 is 6.03 Å². The number of carbonyl (C=O) groups is 1. The number of fused-ring (bicyclic) bond motifs is 1. The summed E-state index contributed by atoms with van der Waals surface area (Å²) in [5.41, 5.74) is 3.73. The number of anilines is 5. The average Bonchev–Trinajstić information content (AvgIpc) is 2.85. The summed E-state index contributed by atoms with van der Waals surface area (Å²) in [7, 11) is 0. The van der Waals surface area contributed by atoms with Crippen LogP contribution >= 0.6 is 15.9 Å². The average molecular weight is 502 g/mol. The third kappa shape index (κ3) is 4.18. The van der Waals surface area contributed by atoms with Crippen molar-refractivity contribution in [2.24, 2.45) is 0 Å². The standard InChI is InChI=1S/C25H20BrN5O2/c26-21-11-4-5-12-22(21)30-15-18-14-27-24(28-19-8-2-1-3-9-19)29-23(18)31(25(30)33)20-10-6-7-17(13-20)16-32/h1-14,32H,15-16H2,(H,27,28,29). The summed E-state index contributed by atoms with van der Waals surface area (Å²) in [4.78, 5) is 26.2. The van der Waals surface area contributed by atoms with Gasteiger partial charge in [0, 0.05) is 21.9 Å². The van der Waals surface area contributed by atoms with Crippen molar-refractivity contribution >= 4 is 50.8 Å². The van der Waals surface area contributed by atoms with Gasteiger partial charge in [0.15, 0.2) is 5.82 Å². The van der Waals surface area contributed by atoms with Crippen LogP contribution in [0.15, 0.2) is 89.5 Å². The van der Waals surface area contributed by atoms with Gasteiger partial charge in [0.2, 0.25) is 5.95 Å². The van der Waals surface area contributed by atoms with Crippen molar-refractivity contribution in [3.05, 3.63) is 101 Å². The van der Waals surface area contributed by atoms with Crippen molar-refractivity contribution in [2.75, 3.05) is 15.1 Å². The van der Waals surface area contributed by atoms with E-state index >= 15 is 0 Å². The van der Waals surface area contributed by atoms with Gasteiger partial charge in [0.25, 0.3) is 0 Å². The molecule has 1 aliphatic heterocycles. The molecule has 0 saturated heterocycles. The van der Waals surface area contributed by atoms with Gasteiger partial charge in [-0.1, -0.05) is 42.5 Å². The zero-order chi connectivity index (χ0) is 22.8. The van der Waals surface area contributed by atoms with Crippen molar-refractivity contribution in [1.82, 2.24) is 9.97 Å². The van der Waals surface area contributed by atoms with Gasteiger partial charge in [0.05, 0.1) is 24.5 Å². The number of rotatable bonds is 5. The van der Waals surface area contributed by atoms with Gasteiger partial charge in [-0.2, -0.15) is 4.98 Å². The number of para-hydroxylation sites is 2. The first-order chi connectivity index (χ1) is 16.1. The fourth-order valence-electron chi connectivity index (χ4n) is 3.75. The van der Waals surface area contributed by atoms with E-state index < -0.39 is 0 Å². The van der Waals surface area contributed by atoms with Gasteiger partial charge in [-0.05, 0) is 57.9 Å². The Balaban J connectivity index is 1.62. The monoisotopic (exact) mass is 501 g/mol. The summed E-state index contributed by atoms with van der Waals surface area (Å²) < 4.78 is 0.814. The SMILES string of the molecule is O=C1N(c2ccccc2Br)Cc2cnc(Nc3ccccc3)nc2N1c1cccc(CO)c1. The van der Waals surface area contributed by atoms with Crippen LogP contribution in [0, 0.1) is 0 Å². The predicted molar refractivity (Wildman–Crippen MR) is 132 cm³/mol.